The predicted molar refractivity (Wildman–Crippen MR) is 89.4 cm³/mol. The van der Waals surface area contributed by atoms with Gasteiger partial charge in [0.25, 0.3) is 0 Å². The quantitative estimate of drug-likeness (QED) is 0.759. The van der Waals surface area contributed by atoms with Crippen molar-refractivity contribution in [2.24, 2.45) is 0 Å². The Balaban J connectivity index is 2.40. The van der Waals surface area contributed by atoms with E-state index in [2.05, 4.69) is 69.0 Å². The van der Waals surface area contributed by atoms with Gasteiger partial charge in [0.05, 0.1) is 13.1 Å². The van der Waals surface area contributed by atoms with E-state index >= 15 is 0 Å². The van der Waals surface area contributed by atoms with E-state index in [1.807, 2.05) is 0 Å². The lowest BCUT2D eigenvalue weighted by atomic mass is 10.1. The number of furan rings is 1. The van der Waals surface area contributed by atoms with E-state index in [1.165, 1.54) is 6.42 Å². The molecule has 0 radical (unpaired) electrons. The summed E-state index contributed by atoms with van der Waals surface area (Å²) in [5.74, 6) is 2.08. The highest BCUT2D eigenvalue weighted by atomic mass is 16.3. The van der Waals surface area contributed by atoms with Gasteiger partial charge in [-0.3, -0.25) is 4.90 Å². The largest absolute Gasteiger partial charge is 0.463 e. The maximum absolute atomic E-state index is 5.92. The molecule has 0 amide bonds. The lowest BCUT2D eigenvalue weighted by Gasteiger charge is -2.20. The van der Waals surface area contributed by atoms with Gasteiger partial charge >= 0.3 is 0 Å². The van der Waals surface area contributed by atoms with E-state index in [1.54, 1.807) is 0 Å². The Kier molecular flexibility index (Phi) is 7.43. The molecule has 0 aliphatic rings. The van der Waals surface area contributed by atoms with Gasteiger partial charge in [0, 0.05) is 5.54 Å². The summed E-state index contributed by atoms with van der Waals surface area (Å²) in [7, 11) is 4.24. The van der Waals surface area contributed by atoms with Crippen LogP contribution in [0.25, 0.3) is 0 Å². The SMILES string of the molecule is CCN(CCCN(C)C)Cc1ccc(CNC(C)(C)C)o1. The average Bonchev–Trinajstić information content (AvgIpc) is 2.81. The lowest BCUT2D eigenvalue weighted by Crippen LogP contribution is -2.34. The van der Waals surface area contributed by atoms with Gasteiger partial charge in [-0.25, -0.2) is 0 Å². The highest BCUT2D eigenvalue weighted by Crippen LogP contribution is 2.12. The Labute approximate surface area is 130 Å². The number of nitrogens with zero attached hydrogens (tertiary/aromatic N) is 2. The number of rotatable bonds is 9. The first-order valence-corrected chi connectivity index (χ1v) is 8.00. The van der Waals surface area contributed by atoms with Gasteiger partial charge in [-0.1, -0.05) is 6.92 Å². The Morgan fingerprint density at radius 3 is 2.33 bits per heavy atom. The average molecular weight is 295 g/mol. The number of hydrogen-bond donors (Lipinski definition) is 1. The van der Waals surface area contributed by atoms with Crippen LogP contribution < -0.4 is 5.32 Å². The second-order valence-electron chi connectivity index (χ2n) is 7.00. The van der Waals surface area contributed by atoms with Crippen molar-refractivity contribution in [3.05, 3.63) is 23.7 Å². The van der Waals surface area contributed by atoms with Crippen molar-refractivity contribution in [3.8, 4) is 0 Å². The van der Waals surface area contributed by atoms with E-state index < -0.39 is 0 Å². The Hall–Kier alpha value is -0.840. The maximum Gasteiger partial charge on any atom is 0.118 e. The predicted octanol–water partition coefficient (Wildman–Crippen LogP) is 2.94. The van der Waals surface area contributed by atoms with Crippen molar-refractivity contribution in [1.29, 1.82) is 0 Å². The molecule has 1 aromatic rings. The van der Waals surface area contributed by atoms with Crippen molar-refractivity contribution in [1.82, 2.24) is 15.1 Å². The topological polar surface area (TPSA) is 31.6 Å². The molecule has 4 heteroatoms. The van der Waals surface area contributed by atoms with Crippen LogP contribution in [0.3, 0.4) is 0 Å². The zero-order chi connectivity index (χ0) is 15.9. The van der Waals surface area contributed by atoms with Crippen molar-refractivity contribution in [3.63, 3.8) is 0 Å². The summed E-state index contributed by atoms with van der Waals surface area (Å²) in [6.07, 6.45) is 1.19. The normalized spacial score (nSPS) is 12.6. The van der Waals surface area contributed by atoms with Gasteiger partial charge < -0.3 is 14.6 Å². The molecular formula is C17H33N3O. The zero-order valence-corrected chi connectivity index (χ0v) is 14.7. The van der Waals surface area contributed by atoms with Gasteiger partial charge in [-0.05, 0) is 73.1 Å². The molecule has 0 bridgehead atoms. The summed E-state index contributed by atoms with van der Waals surface area (Å²) in [5.41, 5.74) is 0.120. The zero-order valence-electron chi connectivity index (χ0n) is 14.7. The summed E-state index contributed by atoms with van der Waals surface area (Å²) >= 11 is 0. The van der Waals surface area contributed by atoms with E-state index in [9.17, 15) is 0 Å². The molecule has 0 aromatic carbocycles. The molecule has 1 heterocycles. The molecule has 0 atom stereocenters. The molecule has 0 spiro atoms. The minimum Gasteiger partial charge on any atom is -0.463 e. The lowest BCUT2D eigenvalue weighted by molar-refractivity contribution is 0.237. The molecule has 21 heavy (non-hydrogen) atoms. The van der Waals surface area contributed by atoms with Crippen LogP contribution in [0.2, 0.25) is 0 Å². The molecule has 0 aliphatic heterocycles. The number of nitrogens with one attached hydrogen (secondary N) is 1. The van der Waals surface area contributed by atoms with Crippen LogP contribution in [0.15, 0.2) is 16.5 Å². The molecule has 4 nitrogen and oxygen atoms in total. The fourth-order valence-corrected chi connectivity index (χ4v) is 2.13. The summed E-state index contributed by atoms with van der Waals surface area (Å²) in [5, 5.41) is 3.45. The minimum atomic E-state index is 0.120. The second-order valence-corrected chi connectivity index (χ2v) is 7.00. The molecule has 1 rings (SSSR count). The van der Waals surface area contributed by atoms with E-state index in [-0.39, 0.29) is 5.54 Å². The Bertz CT molecular complexity index is 393. The van der Waals surface area contributed by atoms with Gasteiger partial charge in [-0.2, -0.15) is 0 Å². The molecule has 122 valence electrons. The fraction of sp³-hybridized carbons (Fsp3) is 0.765. The molecular weight excluding hydrogens is 262 g/mol. The van der Waals surface area contributed by atoms with Crippen LogP contribution in [0, 0.1) is 0 Å². The highest BCUT2D eigenvalue weighted by Gasteiger charge is 2.11. The van der Waals surface area contributed by atoms with E-state index in [0.29, 0.717) is 0 Å². The van der Waals surface area contributed by atoms with Gasteiger partial charge in [0.2, 0.25) is 0 Å². The van der Waals surface area contributed by atoms with Crippen molar-refractivity contribution < 1.29 is 4.42 Å². The maximum atomic E-state index is 5.92. The fourth-order valence-electron chi connectivity index (χ4n) is 2.13. The molecule has 0 saturated carbocycles. The monoisotopic (exact) mass is 295 g/mol. The van der Waals surface area contributed by atoms with Crippen LogP contribution in [0.4, 0.5) is 0 Å². The first-order valence-electron chi connectivity index (χ1n) is 8.00. The van der Waals surface area contributed by atoms with Crippen molar-refractivity contribution in [2.45, 2.75) is 52.7 Å². The third-order valence-corrected chi connectivity index (χ3v) is 3.42. The highest BCUT2D eigenvalue weighted by molar-refractivity contribution is 5.07. The molecule has 1 aromatic heterocycles. The van der Waals surface area contributed by atoms with Gasteiger partial charge in [-0.15, -0.1) is 0 Å². The molecule has 0 saturated heterocycles. The third-order valence-electron chi connectivity index (χ3n) is 3.42. The second kappa shape index (κ2) is 8.57. The Morgan fingerprint density at radius 1 is 1.10 bits per heavy atom. The van der Waals surface area contributed by atoms with Gasteiger partial charge in [0.1, 0.15) is 11.5 Å². The smallest absolute Gasteiger partial charge is 0.118 e. The van der Waals surface area contributed by atoms with Crippen molar-refractivity contribution >= 4 is 0 Å². The number of hydrogen-bond acceptors (Lipinski definition) is 4. The summed E-state index contributed by atoms with van der Waals surface area (Å²) in [4.78, 5) is 4.67. The van der Waals surface area contributed by atoms with Crippen LogP contribution in [0.5, 0.6) is 0 Å². The van der Waals surface area contributed by atoms with Crippen LogP contribution in [-0.2, 0) is 13.1 Å². The molecule has 0 aliphatic carbocycles. The van der Waals surface area contributed by atoms with Gasteiger partial charge in [0.15, 0.2) is 0 Å². The first-order chi connectivity index (χ1) is 9.80. The van der Waals surface area contributed by atoms with Crippen LogP contribution in [0.1, 0.15) is 45.6 Å². The summed E-state index contributed by atoms with van der Waals surface area (Å²) in [6.45, 7) is 13.7. The van der Waals surface area contributed by atoms with Crippen LogP contribution >= 0.6 is 0 Å². The van der Waals surface area contributed by atoms with E-state index in [4.69, 9.17) is 4.42 Å². The molecule has 0 fully saturated rings. The minimum absolute atomic E-state index is 0.120. The standard InChI is InChI=1S/C17H33N3O/c1-7-20(12-8-11-19(5)6)14-16-10-9-15(21-16)13-18-17(2,3)4/h9-10,18H,7-8,11-14H2,1-6H3. The van der Waals surface area contributed by atoms with Crippen molar-refractivity contribution in [2.75, 3.05) is 33.7 Å². The first kappa shape index (κ1) is 18.2. The van der Waals surface area contributed by atoms with Crippen LogP contribution in [-0.4, -0.2) is 49.1 Å². The van der Waals surface area contributed by atoms with E-state index in [0.717, 1.165) is 44.2 Å². The Morgan fingerprint density at radius 2 is 1.76 bits per heavy atom. The summed E-state index contributed by atoms with van der Waals surface area (Å²) in [6, 6.07) is 4.19. The molecule has 0 unspecified atom stereocenters. The molecule has 1 N–H and O–H groups in total. The summed E-state index contributed by atoms with van der Waals surface area (Å²) < 4.78 is 5.92. The third kappa shape index (κ3) is 8.24.